The molecule has 0 fully saturated rings. The van der Waals surface area contributed by atoms with Crippen LogP contribution >= 0.6 is 11.8 Å². The van der Waals surface area contributed by atoms with Crippen molar-refractivity contribution in [2.75, 3.05) is 5.73 Å². The minimum atomic E-state index is 0.618. The lowest BCUT2D eigenvalue weighted by molar-refractivity contribution is 0.906. The third-order valence-corrected chi connectivity index (χ3v) is 4.06. The summed E-state index contributed by atoms with van der Waals surface area (Å²) in [4.78, 5) is 5.45. The van der Waals surface area contributed by atoms with Crippen LogP contribution in [0.3, 0.4) is 0 Å². The van der Waals surface area contributed by atoms with Crippen molar-refractivity contribution in [3.05, 3.63) is 30.6 Å². The van der Waals surface area contributed by atoms with Gasteiger partial charge in [-0.15, -0.1) is 11.8 Å². The van der Waals surface area contributed by atoms with Gasteiger partial charge in [0.05, 0.1) is 0 Å². The summed E-state index contributed by atoms with van der Waals surface area (Å²) in [5, 5.41) is 2.88. The number of nitrogen functional groups attached to an aromatic ring is 1. The molecule has 1 aromatic heterocycles. The first-order chi connectivity index (χ1) is 7.72. The first-order valence-corrected chi connectivity index (χ1v) is 6.39. The highest BCUT2D eigenvalue weighted by Gasteiger charge is 2.07. The highest BCUT2D eigenvalue weighted by atomic mass is 32.2. The molecular weight excluding hydrogens is 216 g/mol. The van der Waals surface area contributed by atoms with Crippen LogP contribution in [0.15, 0.2) is 35.5 Å². The van der Waals surface area contributed by atoms with Gasteiger partial charge in [-0.3, -0.25) is 4.98 Å². The second-order valence-corrected chi connectivity index (χ2v) is 5.39. The van der Waals surface area contributed by atoms with Crippen LogP contribution in [0.4, 0.5) is 5.69 Å². The molecule has 3 heteroatoms. The predicted molar refractivity (Wildman–Crippen MR) is 71.8 cm³/mol. The third kappa shape index (κ3) is 2.14. The predicted octanol–water partition coefficient (Wildman–Crippen LogP) is 3.71. The molecule has 1 unspecified atom stereocenters. The van der Waals surface area contributed by atoms with Crippen molar-refractivity contribution >= 4 is 28.2 Å². The van der Waals surface area contributed by atoms with Crippen LogP contribution in [0, 0.1) is 0 Å². The van der Waals surface area contributed by atoms with Gasteiger partial charge in [-0.25, -0.2) is 0 Å². The Bertz CT molecular complexity index is 496. The van der Waals surface area contributed by atoms with Gasteiger partial charge in [0.25, 0.3) is 0 Å². The van der Waals surface area contributed by atoms with E-state index >= 15 is 0 Å². The minimum Gasteiger partial charge on any atom is -0.398 e. The molecule has 2 N–H and O–H groups in total. The van der Waals surface area contributed by atoms with Crippen LogP contribution in [-0.2, 0) is 0 Å². The van der Waals surface area contributed by atoms with E-state index in [0.29, 0.717) is 5.25 Å². The van der Waals surface area contributed by atoms with Crippen molar-refractivity contribution in [1.29, 1.82) is 0 Å². The number of aromatic nitrogens is 1. The molecule has 0 bridgehead atoms. The molecule has 0 spiro atoms. The summed E-state index contributed by atoms with van der Waals surface area (Å²) < 4.78 is 0. The lowest BCUT2D eigenvalue weighted by atomic mass is 10.1. The number of hydrogen-bond acceptors (Lipinski definition) is 3. The Morgan fingerprint density at radius 2 is 2.12 bits per heavy atom. The first kappa shape index (κ1) is 11.3. The summed E-state index contributed by atoms with van der Waals surface area (Å²) in [6, 6.07) is 6.05. The van der Waals surface area contributed by atoms with Gasteiger partial charge >= 0.3 is 0 Å². The van der Waals surface area contributed by atoms with Gasteiger partial charge in [0.1, 0.15) is 0 Å². The molecule has 2 aromatic rings. The molecule has 0 saturated heterocycles. The molecule has 84 valence electrons. The Hall–Kier alpha value is -1.22. The highest BCUT2D eigenvalue weighted by Crippen LogP contribution is 2.33. The SMILES string of the molecule is CCC(C)Sc1ccc(N)c2ccncc12. The number of nitrogens with two attached hydrogens (primary N) is 1. The van der Waals surface area contributed by atoms with Crippen LogP contribution in [0.2, 0.25) is 0 Å². The fourth-order valence-corrected chi connectivity index (χ4v) is 2.63. The summed E-state index contributed by atoms with van der Waals surface area (Å²) in [6.45, 7) is 4.44. The van der Waals surface area contributed by atoms with Crippen molar-refractivity contribution in [2.24, 2.45) is 0 Å². The number of rotatable bonds is 3. The van der Waals surface area contributed by atoms with Crippen molar-refractivity contribution in [2.45, 2.75) is 30.4 Å². The van der Waals surface area contributed by atoms with Gasteiger partial charge < -0.3 is 5.73 Å². The second-order valence-electron chi connectivity index (χ2n) is 3.91. The van der Waals surface area contributed by atoms with E-state index in [2.05, 4.69) is 24.9 Å². The first-order valence-electron chi connectivity index (χ1n) is 5.51. The zero-order chi connectivity index (χ0) is 11.5. The maximum atomic E-state index is 5.95. The molecule has 2 rings (SSSR count). The Kier molecular flexibility index (Phi) is 3.34. The molecular formula is C13H16N2S. The number of thioether (sulfide) groups is 1. The van der Waals surface area contributed by atoms with E-state index in [-0.39, 0.29) is 0 Å². The Morgan fingerprint density at radius 1 is 1.31 bits per heavy atom. The van der Waals surface area contributed by atoms with Crippen molar-refractivity contribution < 1.29 is 0 Å². The maximum Gasteiger partial charge on any atom is 0.0395 e. The average molecular weight is 232 g/mol. The van der Waals surface area contributed by atoms with Crippen LogP contribution in [0.25, 0.3) is 10.8 Å². The normalized spacial score (nSPS) is 12.9. The average Bonchev–Trinajstić information content (AvgIpc) is 2.33. The van der Waals surface area contributed by atoms with Gasteiger partial charge in [-0.2, -0.15) is 0 Å². The molecule has 1 aromatic carbocycles. The Balaban J connectivity index is 2.50. The van der Waals surface area contributed by atoms with E-state index < -0.39 is 0 Å². The molecule has 1 atom stereocenters. The smallest absolute Gasteiger partial charge is 0.0395 e. The molecule has 0 amide bonds. The number of anilines is 1. The molecule has 0 aliphatic carbocycles. The summed E-state index contributed by atoms with van der Waals surface area (Å²) in [5.41, 5.74) is 6.78. The van der Waals surface area contributed by atoms with Crippen molar-refractivity contribution in [3.63, 3.8) is 0 Å². The Morgan fingerprint density at radius 3 is 2.88 bits per heavy atom. The molecule has 0 aliphatic rings. The molecule has 16 heavy (non-hydrogen) atoms. The lowest BCUT2D eigenvalue weighted by Gasteiger charge is -2.11. The molecule has 1 heterocycles. The lowest BCUT2D eigenvalue weighted by Crippen LogP contribution is -1.94. The fourth-order valence-electron chi connectivity index (χ4n) is 1.59. The number of pyridine rings is 1. The van der Waals surface area contributed by atoms with E-state index in [0.717, 1.165) is 22.9 Å². The Labute approximate surface area is 100 Å². The van der Waals surface area contributed by atoms with E-state index in [9.17, 15) is 0 Å². The zero-order valence-electron chi connectivity index (χ0n) is 9.60. The van der Waals surface area contributed by atoms with Gasteiger partial charge in [-0.1, -0.05) is 13.8 Å². The number of nitrogens with zero attached hydrogens (tertiary/aromatic N) is 1. The molecule has 2 nitrogen and oxygen atoms in total. The van der Waals surface area contributed by atoms with Crippen molar-refractivity contribution in [1.82, 2.24) is 4.98 Å². The fraction of sp³-hybridized carbons (Fsp3) is 0.308. The monoisotopic (exact) mass is 232 g/mol. The maximum absolute atomic E-state index is 5.95. The van der Waals surface area contributed by atoms with E-state index in [1.807, 2.05) is 30.1 Å². The molecule has 0 aliphatic heterocycles. The van der Waals surface area contributed by atoms with Crippen LogP contribution in [0.1, 0.15) is 20.3 Å². The van der Waals surface area contributed by atoms with Crippen LogP contribution in [0.5, 0.6) is 0 Å². The van der Waals surface area contributed by atoms with Crippen molar-refractivity contribution in [3.8, 4) is 0 Å². The van der Waals surface area contributed by atoms with Gasteiger partial charge in [0.2, 0.25) is 0 Å². The van der Waals surface area contributed by atoms with Crippen LogP contribution < -0.4 is 5.73 Å². The summed E-state index contributed by atoms with van der Waals surface area (Å²) in [7, 11) is 0. The minimum absolute atomic E-state index is 0.618. The summed E-state index contributed by atoms with van der Waals surface area (Å²) in [6.07, 6.45) is 4.85. The molecule has 0 saturated carbocycles. The summed E-state index contributed by atoms with van der Waals surface area (Å²) in [5.74, 6) is 0. The highest BCUT2D eigenvalue weighted by molar-refractivity contribution is 8.00. The number of benzene rings is 1. The van der Waals surface area contributed by atoms with Gasteiger partial charge in [0, 0.05) is 39.0 Å². The van der Waals surface area contributed by atoms with Gasteiger partial charge in [0.15, 0.2) is 0 Å². The van der Waals surface area contributed by atoms with E-state index in [1.165, 1.54) is 4.90 Å². The zero-order valence-corrected chi connectivity index (χ0v) is 10.4. The van der Waals surface area contributed by atoms with Crippen LogP contribution in [-0.4, -0.2) is 10.2 Å². The summed E-state index contributed by atoms with van der Waals surface area (Å²) >= 11 is 1.89. The second kappa shape index (κ2) is 4.74. The quantitative estimate of drug-likeness (QED) is 0.647. The molecule has 0 radical (unpaired) electrons. The third-order valence-electron chi connectivity index (χ3n) is 2.71. The standard InChI is InChI=1S/C13H16N2S/c1-3-9(2)16-13-5-4-12(14)10-6-7-15-8-11(10)13/h4-9H,3,14H2,1-2H3. The van der Waals surface area contributed by atoms with E-state index in [1.54, 1.807) is 6.20 Å². The number of hydrogen-bond donors (Lipinski definition) is 1. The van der Waals surface area contributed by atoms with Gasteiger partial charge in [-0.05, 0) is 24.6 Å². The topological polar surface area (TPSA) is 38.9 Å². The number of fused-ring (bicyclic) bond motifs is 1. The van der Waals surface area contributed by atoms with E-state index in [4.69, 9.17) is 5.73 Å². The largest absolute Gasteiger partial charge is 0.398 e.